The van der Waals surface area contributed by atoms with E-state index in [1.807, 2.05) is 52.3 Å². The van der Waals surface area contributed by atoms with Crippen molar-refractivity contribution in [1.29, 1.82) is 0 Å². The number of halogens is 1. The molecule has 32 heavy (non-hydrogen) atoms. The summed E-state index contributed by atoms with van der Waals surface area (Å²) in [5, 5.41) is 1.95. The lowest BCUT2D eigenvalue weighted by atomic mass is 10.0. The van der Waals surface area contributed by atoms with Gasteiger partial charge in [-0.15, -0.1) is 11.3 Å². The molecule has 1 aliphatic rings. The van der Waals surface area contributed by atoms with Gasteiger partial charge in [-0.1, -0.05) is 12.1 Å². The van der Waals surface area contributed by atoms with Gasteiger partial charge in [0.1, 0.15) is 23.6 Å². The van der Waals surface area contributed by atoms with Crippen molar-refractivity contribution >= 4 is 33.5 Å². The minimum Gasteiger partial charge on any atom is -0.444 e. The van der Waals surface area contributed by atoms with Crippen molar-refractivity contribution in [3.8, 4) is 11.1 Å². The number of carbonyl (C=O) groups excluding carboxylic acids is 1. The third-order valence-electron chi connectivity index (χ3n) is 5.75. The predicted octanol–water partition coefficient (Wildman–Crippen LogP) is 5.64. The van der Waals surface area contributed by atoms with E-state index in [-0.39, 0.29) is 18.0 Å². The molecule has 3 aromatic rings. The number of carbonyl (C=O) groups is 1. The number of likely N-dealkylation sites (tertiary alicyclic amines) is 1. The van der Waals surface area contributed by atoms with Gasteiger partial charge in [0.2, 0.25) is 0 Å². The molecule has 0 N–H and O–H groups in total. The number of thiophene rings is 1. The Kier molecular flexibility index (Phi) is 6.07. The van der Waals surface area contributed by atoms with Crippen LogP contribution in [0.5, 0.6) is 0 Å². The van der Waals surface area contributed by atoms with Crippen LogP contribution in [0.3, 0.4) is 0 Å². The maximum atomic E-state index is 14.6. The first-order valence-electron chi connectivity index (χ1n) is 10.8. The van der Waals surface area contributed by atoms with Crippen molar-refractivity contribution in [2.24, 2.45) is 0 Å². The van der Waals surface area contributed by atoms with Crippen molar-refractivity contribution < 1.29 is 13.9 Å². The van der Waals surface area contributed by atoms with Crippen molar-refractivity contribution in [2.45, 2.75) is 52.2 Å². The third-order valence-corrected chi connectivity index (χ3v) is 6.71. The SMILES string of the molecule is Cc1ccc(-c2csc3c(N(C)C4CCN(C(=O)OC(C)(C)C)CC4)ncnc23)c(F)c1. The molecule has 1 saturated heterocycles. The Morgan fingerprint density at radius 3 is 2.59 bits per heavy atom. The smallest absolute Gasteiger partial charge is 0.410 e. The monoisotopic (exact) mass is 456 g/mol. The van der Waals surface area contributed by atoms with Gasteiger partial charge >= 0.3 is 6.09 Å². The lowest BCUT2D eigenvalue weighted by molar-refractivity contribution is 0.0205. The standard InChI is InChI=1S/C24H29FN4O2S/c1-15-6-7-17(19(25)12-15)18-13-32-21-20(18)26-14-27-22(21)28(5)16-8-10-29(11-9-16)23(30)31-24(2,3)4/h6-7,12-14,16H,8-11H2,1-5H3. The number of aryl methyl sites for hydroxylation is 1. The van der Waals surface area contributed by atoms with E-state index in [2.05, 4.69) is 14.9 Å². The molecule has 0 unspecified atom stereocenters. The van der Waals surface area contributed by atoms with Gasteiger partial charge in [-0.25, -0.2) is 19.2 Å². The molecule has 0 atom stereocenters. The number of nitrogens with zero attached hydrogens (tertiary/aromatic N) is 4. The van der Waals surface area contributed by atoms with Gasteiger partial charge in [-0.05, 0) is 52.2 Å². The molecular weight excluding hydrogens is 427 g/mol. The molecule has 2 aromatic heterocycles. The Labute approximate surface area is 192 Å². The first-order chi connectivity index (χ1) is 15.1. The van der Waals surface area contributed by atoms with Gasteiger partial charge in [0.05, 0.1) is 10.2 Å². The summed E-state index contributed by atoms with van der Waals surface area (Å²) in [7, 11) is 2.03. The summed E-state index contributed by atoms with van der Waals surface area (Å²) in [5.41, 5.74) is 2.50. The summed E-state index contributed by atoms with van der Waals surface area (Å²) in [6.07, 6.45) is 2.94. The van der Waals surface area contributed by atoms with E-state index in [1.165, 1.54) is 11.3 Å². The number of hydrogen-bond donors (Lipinski definition) is 0. The van der Waals surface area contributed by atoms with E-state index in [0.29, 0.717) is 18.7 Å². The molecule has 4 rings (SSSR count). The molecule has 0 bridgehead atoms. The Hall–Kier alpha value is -2.74. The molecule has 6 nitrogen and oxygen atoms in total. The van der Waals surface area contributed by atoms with Crippen LogP contribution in [-0.4, -0.2) is 52.7 Å². The van der Waals surface area contributed by atoms with E-state index in [1.54, 1.807) is 17.3 Å². The van der Waals surface area contributed by atoms with Crippen LogP contribution in [0.25, 0.3) is 21.3 Å². The summed E-state index contributed by atoms with van der Waals surface area (Å²) < 4.78 is 21.0. The fraction of sp³-hybridized carbons (Fsp3) is 0.458. The average Bonchev–Trinajstić information content (AvgIpc) is 3.16. The Morgan fingerprint density at radius 1 is 1.22 bits per heavy atom. The molecule has 0 saturated carbocycles. The molecule has 1 aromatic carbocycles. The second-order valence-electron chi connectivity index (χ2n) is 9.32. The normalized spacial score (nSPS) is 15.2. The molecule has 170 valence electrons. The van der Waals surface area contributed by atoms with E-state index in [9.17, 15) is 9.18 Å². The molecule has 8 heteroatoms. The number of hydrogen-bond acceptors (Lipinski definition) is 6. The van der Waals surface area contributed by atoms with Gasteiger partial charge in [-0.3, -0.25) is 0 Å². The zero-order valence-electron chi connectivity index (χ0n) is 19.2. The van der Waals surface area contributed by atoms with Crippen molar-refractivity contribution in [3.05, 3.63) is 41.3 Å². The molecular formula is C24H29FN4O2S. The van der Waals surface area contributed by atoms with E-state index < -0.39 is 5.60 Å². The van der Waals surface area contributed by atoms with Gasteiger partial charge in [0.25, 0.3) is 0 Å². The van der Waals surface area contributed by atoms with Crippen LogP contribution in [0.1, 0.15) is 39.2 Å². The summed E-state index contributed by atoms with van der Waals surface area (Å²) in [4.78, 5) is 25.3. The Bertz CT molecular complexity index is 1130. The summed E-state index contributed by atoms with van der Waals surface area (Å²) in [6, 6.07) is 5.51. The minimum absolute atomic E-state index is 0.243. The van der Waals surface area contributed by atoms with Crippen LogP contribution in [0.2, 0.25) is 0 Å². The van der Waals surface area contributed by atoms with Gasteiger partial charge < -0.3 is 14.5 Å². The molecule has 0 radical (unpaired) electrons. The molecule has 0 spiro atoms. The number of ether oxygens (including phenoxy) is 1. The highest BCUT2D eigenvalue weighted by molar-refractivity contribution is 7.18. The number of amides is 1. The molecule has 3 heterocycles. The van der Waals surface area contributed by atoms with Crippen LogP contribution < -0.4 is 4.90 Å². The number of benzene rings is 1. The molecule has 1 aliphatic heterocycles. The van der Waals surface area contributed by atoms with E-state index in [4.69, 9.17) is 4.74 Å². The largest absolute Gasteiger partial charge is 0.444 e. The van der Waals surface area contributed by atoms with Crippen LogP contribution in [0.15, 0.2) is 29.9 Å². The lowest BCUT2D eigenvalue weighted by Gasteiger charge is -2.37. The Morgan fingerprint density at radius 2 is 1.94 bits per heavy atom. The maximum absolute atomic E-state index is 14.6. The van der Waals surface area contributed by atoms with Gasteiger partial charge in [-0.2, -0.15) is 0 Å². The summed E-state index contributed by atoms with van der Waals surface area (Å²) in [6.45, 7) is 8.80. The second kappa shape index (κ2) is 8.65. The number of aromatic nitrogens is 2. The summed E-state index contributed by atoms with van der Waals surface area (Å²) >= 11 is 1.53. The Balaban J connectivity index is 1.53. The van der Waals surface area contributed by atoms with Crippen LogP contribution in [-0.2, 0) is 4.74 Å². The van der Waals surface area contributed by atoms with Crippen molar-refractivity contribution in [3.63, 3.8) is 0 Å². The lowest BCUT2D eigenvalue weighted by Crippen LogP contribution is -2.47. The number of anilines is 1. The molecule has 0 aliphatic carbocycles. The maximum Gasteiger partial charge on any atom is 0.410 e. The fourth-order valence-corrected chi connectivity index (χ4v) is 5.11. The topological polar surface area (TPSA) is 58.6 Å². The highest BCUT2D eigenvalue weighted by Crippen LogP contribution is 2.38. The van der Waals surface area contributed by atoms with Crippen LogP contribution in [0.4, 0.5) is 15.0 Å². The second-order valence-corrected chi connectivity index (χ2v) is 10.2. The van der Waals surface area contributed by atoms with E-state index >= 15 is 0 Å². The fourth-order valence-electron chi connectivity index (χ4n) is 4.05. The van der Waals surface area contributed by atoms with Gasteiger partial charge in [0, 0.05) is 42.7 Å². The van der Waals surface area contributed by atoms with E-state index in [0.717, 1.165) is 40.0 Å². The zero-order valence-corrected chi connectivity index (χ0v) is 20.0. The van der Waals surface area contributed by atoms with Crippen LogP contribution >= 0.6 is 11.3 Å². The van der Waals surface area contributed by atoms with Crippen molar-refractivity contribution in [2.75, 3.05) is 25.0 Å². The molecule has 1 fully saturated rings. The number of rotatable bonds is 3. The summed E-state index contributed by atoms with van der Waals surface area (Å²) in [5.74, 6) is 0.599. The quantitative estimate of drug-likeness (QED) is 0.510. The number of fused-ring (bicyclic) bond motifs is 1. The van der Waals surface area contributed by atoms with Crippen LogP contribution in [0, 0.1) is 12.7 Å². The predicted molar refractivity (Wildman–Crippen MR) is 127 cm³/mol. The number of piperidine rings is 1. The molecule has 1 amide bonds. The highest BCUT2D eigenvalue weighted by atomic mass is 32.1. The zero-order chi connectivity index (χ0) is 23.0. The minimum atomic E-state index is -0.495. The highest BCUT2D eigenvalue weighted by Gasteiger charge is 2.30. The van der Waals surface area contributed by atoms with Crippen molar-refractivity contribution in [1.82, 2.24) is 14.9 Å². The first kappa shape index (κ1) is 22.5. The third kappa shape index (κ3) is 4.55. The first-order valence-corrected chi connectivity index (χ1v) is 11.7. The van der Waals surface area contributed by atoms with Gasteiger partial charge in [0.15, 0.2) is 0 Å². The average molecular weight is 457 g/mol.